The van der Waals surface area contributed by atoms with Gasteiger partial charge in [-0.05, 0) is 36.9 Å². The first-order valence-electron chi connectivity index (χ1n) is 6.71. The first-order chi connectivity index (χ1) is 10.0. The van der Waals surface area contributed by atoms with E-state index in [2.05, 4.69) is 31.4 Å². The van der Waals surface area contributed by atoms with Gasteiger partial charge in [-0.25, -0.2) is 4.68 Å². The summed E-state index contributed by atoms with van der Waals surface area (Å²) in [6.07, 6.45) is 5.24. The fourth-order valence-corrected chi connectivity index (χ4v) is 2.17. The fraction of sp³-hybridized carbons (Fsp3) is 0.462. The Bertz CT molecular complexity index is 663. The highest BCUT2D eigenvalue weighted by Gasteiger charge is 2.10. The number of hydrogen-bond acceptors (Lipinski definition) is 5. The number of likely N-dealkylation sites (N-methyl/N-ethyl adjacent to an activating group) is 1. The summed E-state index contributed by atoms with van der Waals surface area (Å²) in [5.74, 6) is 0. The van der Waals surface area contributed by atoms with Crippen LogP contribution in [0.3, 0.4) is 0 Å². The molecule has 2 rings (SSSR count). The van der Waals surface area contributed by atoms with Crippen LogP contribution in [0.15, 0.2) is 27.9 Å². The maximum atomic E-state index is 12.2. The summed E-state index contributed by atoms with van der Waals surface area (Å²) >= 11 is 3.34. The van der Waals surface area contributed by atoms with E-state index in [9.17, 15) is 4.79 Å². The maximum absolute atomic E-state index is 12.2. The van der Waals surface area contributed by atoms with Crippen LogP contribution in [-0.4, -0.2) is 45.1 Å². The van der Waals surface area contributed by atoms with Gasteiger partial charge in [0.1, 0.15) is 4.47 Å². The van der Waals surface area contributed by atoms with Crippen LogP contribution in [0, 0.1) is 0 Å². The number of nitrogens with one attached hydrogen (secondary N) is 1. The third kappa shape index (κ3) is 3.92. The van der Waals surface area contributed by atoms with Crippen LogP contribution in [0.1, 0.15) is 6.92 Å². The van der Waals surface area contributed by atoms with Crippen molar-refractivity contribution in [3.05, 3.63) is 33.4 Å². The van der Waals surface area contributed by atoms with Crippen molar-refractivity contribution in [3.8, 4) is 0 Å². The van der Waals surface area contributed by atoms with E-state index in [-0.39, 0.29) is 5.56 Å². The molecule has 2 aromatic rings. The minimum absolute atomic E-state index is 0.148. The highest BCUT2D eigenvalue weighted by Crippen LogP contribution is 2.21. The Morgan fingerprint density at radius 1 is 1.33 bits per heavy atom. The third-order valence-corrected chi connectivity index (χ3v) is 3.75. The predicted octanol–water partition coefficient (Wildman–Crippen LogP) is 1.53. The molecule has 21 heavy (non-hydrogen) atoms. The van der Waals surface area contributed by atoms with Crippen LogP contribution < -0.4 is 10.9 Å². The summed E-state index contributed by atoms with van der Waals surface area (Å²) < 4.78 is 3.73. The molecule has 0 saturated carbocycles. The average molecular weight is 355 g/mol. The molecule has 0 bridgehead atoms. The highest BCUT2D eigenvalue weighted by atomic mass is 79.9. The molecule has 0 aliphatic carbocycles. The Labute approximate surface area is 131 Å². The van der Waals surface area contributed by atoms with Crippen LogP contribution in [0.25, 0.3) is 0 Å². The summed E-state index contributed by atoms with van der Waals surface area (Å²) in [7, 11) is 3.92. The van der Waals surface area contributed by atoms with Crippen molar-refractivity contribution in [1.29, 1.82) is 0 Å². The largest absolute Gasteiger partial charge is 0.351 e. The first-order valence-corrected chi connectivity index (χ1v) is 7.50. The molecule has 0 atom stereocenters. The third-order valence-electron chi connectivity index (χ3n) is 2.98. The standard InChI is InChI=1S/C13H19BrN6O/c1-4-19-9-10(7-15-19)17-11-8-16-20(6-5-18(2)3)13(21)12(11)14/h7-9,17H,4-6H2,1-3H3. The summed E-state index contributed by atoms with van der Waals surface area (Å²) in [5, 5.41) is 11.5. The van der Waals surface area contributed by atoms with Gasteiger partial charge in [-0.1, -0.05) is 0 Å². The second-order valence-corrected chi connectivity index (χ2v) is 5.71. The average Bonchev–Trinajstić information content (AvgIpc) is 2.90. The van der Waals surface area contributed by atoms with Gasteiger partial charge in [-0.15, -0.1) is 0 Å². The number of anilines is 2. The molecule has 1 N–H and O–H groups in total. The lowest BCUT2D eigenvalue weighted by molar-refractivity contribution is 0.367. The molecule has 0 amide bonds. The molecule has 2 heterocycles. The van der Waals surface area contributed by atoms with E-state index in [1.807, 2.05) is 36.8 Å². The van der Waals surface area contributed by atoms with E-state index >= 15 is 0 Å². The summed E-state index contributed by atoms with van der Waals surface area (Å²) in [6, 6.07) is 0. The quantitative estimate of drug-likeness (QED) is 0.851. The number of rotatable bonds is 6. The topological polar surface area (TPSA) is 68.0 Å². The van der Waals surface area contributed by atoms with Crippen molar-refractivity contribution >= 4 is 27.3 Å². The number of aryl methyl sites for hydroxylation is 1. The van der Waals surface area contributed by atoms with Crippen molar-refractivity contribution < 1.29 is 0 Å². The van der Waals surface area contributed by atoms with Gasteiger partial charge in [-0.2, -0.15) is 10.2 Å². The molecular formula is C13H19BrN6O. The van der Waals surface area contributed by atoms with Crippen molar-refractivity contribution in [3.63, 3.8) is 0 Å². The van der Waals surface area contributed by atoms with E-state index in [1.165, 1.54) is 4.68 Å². The lowest BCUT2D eigenvalue weighted by Gasteiger charge is -2.12. The predicted molar refractivity (Wildman–Crippen MR) is 85.9 cm³/mol. The molecule has 2 aromatic heterocycles. The molecule has 0 unspecified atom stereocenters. The van der Waals surface area contributed by atoms with E-state index in [4.69, 9.17) is 0 Å². The van der Waals surface area contributed by atoms with Crippen LogP contribution >= 0.6 is 15.9 Å². The van der Waals surface area contributed by atoms with E-state index in [0.717, 1.165) is 18.8 Å². The molecule has 0 radical (unpaired) electrons. The Hall–Kier alpha value is -1.67. The number of aromatic nitrogens is 4. The first kappa shape index (κ1) is 15.7. The van der Waals surface area contributed by atoms with E-state index in [0.29, 0.717) is 16.7 Å². The maximum Gasteiger partial charge on any atom is 0.283 e. The van der Waals surface area contributed by atoms with Crippen molar-refractivity contribution in [1.82, 2.24) is 24.5 Å². The van der Waals surface area contributed by atoms with Crippen molar-refractivity contribution in [2.45, 2.75) is 20.0 Å². The molecule has 7 nitrogen and oxygen atoms in total. The van der Waals surface area contributed by atoms with Crippen molar-refractivity contribution in [2.75, 3.05) is 26.0 Å². The van der Waals surface area contributed by atoms with Crippen LogP contribution in [0.5, 0.6) is 0 Å². The monoisotopic (exact) mass is 354 g/mol. The molecule has 114 valence electrons. The molecule has 0 fully saturated rings. The number of hydrogen-bond donors (Lipinski definition) is 1. The Balaban J connectivity index is 2.18. The summed E-state index contributed by atoms with van der Waals surface area (Å²) in [6.45, 7) is 4.13. The van der Waals surface area contributed by atoms with Gasteiger partial charge in [-0.3, -0.25) is 9.48 Å². The lowest BCUT2D eigenvalue weighted by Crippen LogP contribution is -2.29. The summed E-state index contributed by atoms with van der Waals surface area (Å²) in [5.41, 5.74) is 1.31. The molecule has 0 spiro atoms. The zero-order valence-corrected chi connectivity index (χ0v) is 14.0. The van der Waals surface area contributed by atoms with Gasteiger partial charge in [0, 0.05) is 19.3 Å². The molecule has 0 aliphatic rings. The van der Waals surface area contributed by atoms with Gasteiger partial charge in [0.2, 0.25) is 0 Å². The van der Waals surface area contributed by atoms with Crippen LogP contribution in [-0.2, 0) is 13.1 Å². The van der Waals surface area contributed by atoms with Gasteiger partial charge in [0.15, 0.2) is 0 Å². The second-order valence-electron chi connectivity index (χ2n) is 4.91. The Morgan fingerprint density at radius 3 is 2.71 bits per heavy atom. The van der Waals surface area contributed by atoms with Gasteiger partial charge >= 0.3 is 0 Å². The molecule has 0 aromatic carbocycles. The molecule has 0 aliphatic heterocycles. The smallest absolute Gasteiger partial charge is 0.283 e. The second kappa shape index (κ2) is 6.86. The molecule has 0 saturated heterocycles. The minimum Gasteiger partial charge on any atom is -0.351 e. The van der Waals surface area contributed by atoms with Crippen molar-refractivity contribution in [2.24, 2.45) is 0 Å². The zero-order valence-electron chi connectivity index (χ0n) is 12.4. The molecular weight excluding hydrogens is 336 g/mol. The highest BCUT2D eigenvalue weighted by molar-refractivity contribution is 9.10. The fourth-order valence-electron chi connectivity index (χ4n) is 1.76. The summed E-state index contributed by atoms with van der Waals surface area (Å²) in [4.78, 5) is 14.2. The van der Waals surface area contributed by atoms with E-state index in [1.54, 1.807) is 12.4 Å². The zero-order chi connectivity index (χ0) is 15.4. The normalized spacial score (nSPS) is 11.1. The van der Waals surface area contributed by atoms with Crippen LogP contribution in [0.4, 0.5) is 11.4 Å². The van der Waals surface area contributed by atoms with Gasteiger partial charge in [0.05, 0.1) is 30.3 Å². The van der Waals surface area contributed by atoms with Gasteiger partial charge < -0.3 is 10.2 Å². The molecule has 8 heteroatoms. The van der Waals surface area contributed by atoms with Gasteiger partial charge in [0.25, 0.3) is 5.56 Å². The lowest BCUT2D eigenvalue weighted by atomic mass is 10.4. The Kier molecular flexibility index (Phi) is 5.13. The van der Waals surface area contributed by atoms with Crippen LogP contribution in [0.2, 0.25) is 0 Å². The number of halogens is 1. The van der Waals surface area contributed by atoms with E-state index < -0.39 is 0 Å². The Morgan fingerprint density at radius 2 is 2.10 bits per heavy atom. The SMILES string of the molecule is CCn1cc(Nc2cnn(CCN(C)C)c(=O)c2Br)cn1. The minimum atomic E-state index is -0.148. The number of nitrogens with zero attached hydrogens (tertiary/aromatic N) is 5.